The minimum Gasteiger partial charge on any atom is -0.368 e. The molecule has 110 valence electrons. The van der Waals surface area contributed by atoms with Crippen LogP contribution >= 0.6 is 31.9 Å². The number of anilines is 2. The number of benzene rings is 2. The summed E-state index contributed by atoms with van der Waals surface area (Å²) in [5, 5.41) is 0.896. The van der Waals surface area contributed by atoms with Crippen LogP contribution in [-0.2, 0) is 5.33 Å². The smallest absolute Gasteiger partial charge is 0.0512 e. The molecule has 2 aromatic rings. The Balaban J connectivity index is 1.68. The van der Waals surface area contributed by atoms with Gasteiger partial charge in [-0.2, -0.15) is 0 Å². The quantitative estimate of drug-likeness (QED) is 0.679. The standard InChI is InChI=1S/C17H18Br2N2/c18-13-14-6-7-17(16(19)12-14)21-10-8-20(9-11-21)15-4-2-1-3-5-15/h1-7,12H,8-11,13H2. The van der Waals surface area contributed by atoms with Gasteiger partial charge in [0.2, 0.25) is 0 Å². The fourth-order valence-corrected chi connectivity index (χ4v) is 3.76. The van der Waals surface area contributed by atoms with Gasteiger partial charge in [0.05, 0.1) is 5.69 Å². The summed E-state index contributed by atoms with van der Waals surface area (Å²) in [7, 11) is 0. The highest BCUT2D eigenvalue weighted by Gasteiger charge is 2.18. The summed E-state index contributed by atoms with van der Waals surface area (Å²) in [5.74, 6) is 0. The lowest BCUT2D eigenvalue weighted by atomic mass is 10.2. The van der Waals surface area contributed by atoms with E-state index in [2.05, 4.69) is 90.2 Å². The van der Waals surface area contributed by atoms with Gasteiger partial charge < -0.3 is 9.80 Å². The number of piperazine rings is 1. The number of nitrogens with zero attached hydrogens (tertiary/aromatic N) is 2. The van der Waals surface area contributed by atoms with Crippen molar-refractivity contribution in [2.45, 2.75) is 5.33 Å². The highest BCUT2D eigenvalue weighted by Crippen LogP contribution is 2.29. The molecule has 1 aliphatic rings. The highest BCUT2D eigenvalue weighted by molar-refractivity contribution is 9.10. The van der Waals surface area contributed by atoms with E-state index in [1.807, 2.05) is 0 Å². The largest absolute Gasteiger partial charge is 0.368 e. The van der Waals surface area contributed by atoms with Crippen molar-refractivity contribution < 1.29 is 0 Å². The Kier molecular flexibility index (Phi) is 4.86. The monoisotopic (exact) mass is 408 g/mol. The molecule has 0 saturated carbocycles. The fourth-order valence-electron chi connectivity index (χ4n) is 2.73. The molecule has 0 N–H and O–H groups in total. The maximum Gasteiger partial charge on any atom is 0.0512 e. The van der Waals surface area contributed by atoms with Crippen molar-refractivity contribution in [3.8, 4) is 0 Å². The summed E-state index contributed by atoms with van der Waals surface area (Å²) < 4.78 is 1.19. The topological polar surface area (TPSA) is 6.48 Å². The minimum absolute atomic E-state index is 0.896. The molecule has 0 aromatic heterocycles. The number of rotatable bonds is 3. The van der Waals surface area contributed by atoms with E-state index in [1.54, 1.807) is 0 Å². The van der Waals surface area contributed by atoms with Crippen molar-refractivity contribution in [1.29, 1.82) is 0 Å². The molecule has 0 amide bonds. The zero-order valence-electron chi connectivity index (χ0n) is 11.8. The molecule has 0 unspecified atom stereocenters. The second-order valence-corrected chi connectivity index (χ2v) is 6.64. The maximum absolute atomic E-state index is 3.71. The van der Waals surface area contributed by atoms with E-state index in [0.717, 1.165) is 31.5 Å². The van der Waals surface area contributed by atoms with Gasteiger partial charge in [0.1, 0.15) is 0 Å². The van der Waals surface area contributed by atoms with Crippen molar-refractivity contribution >= 4 is 43.2 Å². The molecule has 3 rings (SSSR count). The van der Waals surface area contributed by atoms with Crippen molar-refractivity contribution in [2.75, 3.05) is 36.0 Å². The van der Waals surface area contributed by atoms with Crippen LogP contribution in [0.25, 0.3) is 0 Å². The van der Waals surface area contributed by atoms with Crippen LogP contribution in [0.5, 0.6) is 0 Å². The van der Waals surface area contributed by atoms with Gasteiger partial charge in [-0.1, -0.05) is 40.2 Å². The van der Waals surface area contributed by atoms with Crippen LogP contribution in [0.1, 0.15) is 5.56 Å². The molecule has 0 radical (unpaired) electrons. The first-order chi connectivity index (χ1) is 10.3. The second kappa shape index (κ2) is 6.84. The number of halogens is 2. The molecular weight excluding hydrogens is 392 g/mol. The first kappa shape index (κ1) is 14.9. The van der Waals surface area contributed by atoms with Crippen LogP contribution in [0.4, 0.5) is 11.4 Å². The van der Waals surface area contributed by atoms with E-state index in [9.17, 15) is 0 Å². The molecule has 0 spiro atoms. The molecule has 1 aliphatic heterocycles. The van der Waals surface area contributed by atoms with Crippen molar-refractivity contribution in [2.24, 2.45) is 0 Å². The lowest BCUT2D eigenvalue weighted by molar-refractivity contribution is 0.652. The second-order valence-electron chi connectivity index (χ2n) is 5.23. The Labute approximate surface area is 143 Å². The van der Waals surface area contributed by atoms with E-state index < -0.39 is 0 Å². The van der Waals surface area contributed by atoms with Gasteiger partial charge in [-0.15, -0.1) is 0 Å². The summed E-state index contributed by atoms with van der Waals surface area (Å²) in [5.41, 5.74) is 3.92. The first-order valence-electron chi connectivity index (χ1n) is 7.17. The Bertz CT molecular complexity index is 593. The minimum atomic E-state index is 0.896. The van der Waals surface area contributed by atoms with Gasteiger partial charge in [-0.25, -0.2) is 0 Å². The van der Waals surface area contributed by atoms with E-state index >= 15 is 0 Å². The number of hydrogen-bond acceptors (Lipinski definition) is 2. The summed E-state index contributed by atoms with van der Waals surface area (Å²) in [6.45, 7) is 4.25. The highest BCUT2D eigenvalue weighted by atomic mass is 79.9. The Morgan fingerprint density at radius 1 is 0.857 bits per heavy atom. The summed E-state index contributed by atoms with van der Waals surface area (Å²) in [4.78, 5) is 4.92. The lowest BCUT2D eigenvalue weighted by Crippen LogP contribution is -2.46. The predicted octanol–water partition coefficient (Wildman–Crippen LogP) is 4.67. The molecule has 21 heavy (non-hydrogen) atoms. The number of para-hydroxylation sites is 1. The summed E-state index contributed by atoms with van der Waals surface area (Å²) in [6.07, 6.45) is 0. The summed E-state index contributed by atoms with van der Waals surface area (Å²) >= 11 is 7.21. The average Bonchev–Trinajstić information content (AvgIpc) is 2.56. The van der Waals surface area contributed by atoms with Crippen LogP contribution in [-0.4, -0.2) is 26.2 Å². The van der Waals surface area contributed by atoms with Gasteiger partial charge in [0.25, 0.3) is 0 Å². The molecule has 0 aliphatic carbocycles. The van der Waals surface area contributed by atoms with Crippen molar-refractivity contribution in [1.82, 2.24) is 0 Å². The van der Waals surface area contributed by atoms with Gasteiger partial charge in [-0.05, 0) is 45.8 Å². The number of alkyl halides is 1. The molecule has 0 atom stereocenters. The third kappa shape index (κ3) is 3.43. The molecule has 1 heterocycles. The zero-order valence-corrected chi connectivity index (χ0v) is 15.0. The Morgan fingerprint density at radius 2 is 1.52 bits per heavy atom. The van der Waals surface area contributed by atoms with Crippen molar-refractivity contribution in [3.63, 3.8) is 0 Å². The molecule has 1 fully saturated rings. The molecule has 2 nitrogen and oxygen atoms in total. The lowest BCUT2D eigenvalue weighted by Gasteiger charge is -2.37. The van der Waals surface area contributed by atoms with Gasteiger partial charge >= 0.3 is 0 Å². The van der Waals surface area contributed by atoms with Crippen LogP contribution < -0.4 is 9.80 Å². The van der Waals surface area contributed by atoms with Gasteiger partial charge in [0, 0.05) is 41.7 Å². The van der Waals surface area contributed by atoms with Crippen LogP contribution in [0.2, 0.25) is 0 Å². The van der Waals surface area contributed by atoms with E-state index in [1.165, 1.54) is 21.4 Å². The van der Waals surface area contributed by atoms with E-state index in [4.69, 9.17) is 0 Å². The van der Waals surface area contributed by atoms with Gasteiger partial charge in [-0.3, -0.25) is 0 Å². The predicted molar refractivity (Wildman–Crippen MR) is 97.6 cm³/mol. The molecule has 4 heteroatoms. The number of hydrogen-bond donors (Lipinski definition) is 0. The van der Waals surface area contributed by atoms with E-state index in [0.29, 0.717) is 0 Å². The normalized spacial score (nSPS) is 15.3. The molecular formula is C17H18Br2N2. The van der Waals surface area contributed by atoms with Gasteiger partial charge in [0.15, 0.2) is 0 Å². The first-order valence-corrected chi connectivity index (χ1v) is 9.09. The van der Waals surface area contributed by atoms with Crippen LogP contribution in [0.15, 0.2) is 53.0 Å². The van der Waals surface area contributed by atoms with Crippen LogP contribution in [0, 0.1) is 0 Å². The maximum atomic E-state index is 3.71. The molecule has 1 saturated heterocycles. The molecule has 0 bridgehead atoms. The zero-order chi connectivity index (χ0) is 14.7. The Hall–Kier alpha value is -1.00. The third-order valence-corrected chi connectivity index (χ3v) is 5.19. The summed E-state index contributed by atoms with van der Waals surface area (Å²) in [6, 6.07) is 17.3. The van der Waals surface area contributed by atoms with E-state index in [-0.39, 0.29) is 0 Å². The van der Waals surface area contributed by atoms with Crippen molar-refractivity contribution in [3.05, 3.63) is 58.6 Å². The molecule has 2 aromatic carbocycles. The average molecular weight is 410 g/mol. The Morgan fingerprint density at radius 3 is 2.14 bits per heavy atom. The fraction of sp³-hybridized carbons (Fsp3) is 0.294. The third-order valence-electron chi connectivity index (χ3n) is 3.91. The van der Waals surface area contributed by atoms with Crippen LogP contribution in [0.3, 0.4) is 0 Å². The SMILES string of the molecule is BrCc1ccc(N2CCN(c3ccccc3)CC2)c(Br)c1.